The average Bonchev–Trinajstić information content (AvgIpc) is 2.90. The standard InChI is InChI=1S/C18H21ClN6/c1-25-16(20)14-15(12-9-5-6-10-13(12)19)22-18(23-17(14)24-25)21-11-7-3-2-4-8-11/h5-6,9-11H,2-4,7-8,20H2,1H3,(H,21,23,24). The van der Waals surface area contributed by atoms with Crippen molar-refractivity contribution in [3.05, 3.63) is 29.3 Å². The van der Waals surface area contributed by atoms with Crippen molar-refractivity contribution in [3.63, 3.8) is 0 Å². The van der Waals surface area contributed by atoms with Gasteiger partial charge in [-0.2, -0.15) is 10.1 Å². The largest absolute Gasteiger partial charge is 0.383 e. The third-order valence-corrected chi connectivity index (χ3v) is 5.14. The number of nitrogens with two attached hydrogens (primary N) is 1. The summed E-state index contributed by atoms with van der Waals surface area (Å²) in [7, 11) is 1.81. The lowest BCUT2D eigenvalue weighted by atomic mass is 9.96. The van der Waals surface area contributed by atoms with Gasteiger partial charge in [-0.3, -0.25) is 4.68 Å². The Morgan fingerprint density at radius 2 is 1.92 bits per heavy atom. The molecule has 1 aromatic carbocycles. The summed E-state index contributed by atoms with van der Waals surface area (Å²) in [6.45, 7) is 0. The van der Waals surface area contributed by atoms with E-state index in [0.29, 0.717) is 28.5 Å². The van der Waals surface area contributed by atoms with Crippen molar-refractivity contribution in [1.82, 2.24) is 19.7 Å². The molecule has 3 aromatic rings. The first-order valence-corrected chi connectivity index (χ1v) is 9.03. The van der Waals surface area contributed by atoms with Crippen LogP contribution in [0.3, 0.4) is 0 Å². The van der Waals surface area contributed by atoms with Crippen LogP contribution >= 0.6 is 11.6 Å². The van der Waals surface area contributed by atoms with Gasteiger partial charge in [0.2, 0.25) is 5.95 Å². The lowest BCUT2D eigenvalue weighted by Gasteiger charge is -2.22. The topological polar surface area (TPSA) is 81.7 Å². The van der Waals surface area contributed by atoms with Crippen LogP contribution in [-0.4, -0.2) is 25.8 Å². The van der Waals surface area contributed by atoms with Gasteiger partial charge >= 0.3 is 0 Å². The van der Waals surface area contributed by atoms with Crippen molar-refractivity contribution < 1.29 is 0 Å². The minimum atomic E-state index is 0.409. The molecule has 7 heteroatoms. The Hall–Kier alpha value is -2.34. The molecule has 0 unspecified atom stereocenters. The van der Waals surface area contributed by atoms with Gasteiger partial charge in [0, 0.05) is 23.7 Å². The van der Waals surface area contributed by atoms with Crippen LogP contribution in [0.4, 0.5) is 11.8 Å². The van der Waals surface area contributed by atoms with E-state index in [1.54, 1.807) is 4.68 Å². The highest BCUT2D eigenvalue weighted by molar-refractivity contribution is 6.33. The highest BCUT2D eigenvalue weighted by atomic mass is 35.5. The highest BCUT2D eigenvalue weighted by Gasteiger charge is 2.20. The minimum absolute atomic E-state index is 0.409. The minimum Gasteiger partial charge on any atom is -0.383 e. The van der Waals surface area contributed by atoms with E-state index in [9.17, 15) is 0 Å². The van der Waals surface area contributed by atoms with Crippen LogP contribution in [0.25, 0.3) is 22.3 Å². The summed E-state index contributed by atoms with van der Waals surface area (Å²) in [5, 5.41) is 9.29. The van der Waals surface area contributed by atoms with Crippen LogP contribution in [0.5, 0.6) is 0 Å². The van der Waals surface area contributed by atoms with Crippen molar-refractivity contribution in [2.24, 2.45) is 7.05 Å². The first-order chi connectivity index (χ1) is 12.1. The number of anilines is 2. The second-order valence-corrected chi connectivity index (χ2v) is 6.97. The van der Waals surface area contributed by atoms with Gasteiger partial charge in [-0.05, 0) is 18.9 Å². The number of aryl methyl sites for hydroxylation is 1. The van der Waals surface area contributed by atoms with Crippen LogP contribution in [0.15, 0.2) is 24.3 Å². The second-order valence-electron chi connectivity index (χ2n) is 6.56. The quantitative estimate of drug-likeness (QED) is 0.741. The summed E-state index contributed by atoms with van der Waals surface area (Å²) in [5.41, 5.74) is 8.36. The van der Waals surface area contributed by atoms with E-state index in [1.165, 1.54) is 19.3 Å². The number of hydrogen-bond acceptors (Lipinski definition) is 5. The maximum Gasteiger partial charge on any atom is 0.225 e. The molecule has 2 aromatic heterocycles. The summed E-state index contributed by atoms with van der Waals surface area (Å²) in [5.74, 6) is 1.13. The van der Waals surface area contributed by atoms with E-state index in [1.807, 2.05) is 31.3 Å². The fourth-order valence-corrected chi connectivity index (χ4v) is 3.68. The van der Waals surface area contributed by atoms with Crippen molar-refractivity contribution in [1.29, 1.82) is 0 Å². The van der Waals surface area contributed by atoms with Gasteiger partial charge in [0.1, 0.15) is 5.82 Å². The zero-order chi connectivity index (χ0) is 17.4. The molecule has 25 heavy (non-hydrogen) atoms. The third-order valence-electron chi connectivity index (χ3n) is 4.81. The Bertz CT molecular complexity index is 913. The molecule has 0 saturated heterocycles. The van der Waals surface area contributed by atoms with Crippen molar-refractivity contribution in [2.45, 2.75) is 38.1 Å². The number of fused-ring (bicyclic) bond motifs is 1. The molecule has 1 saturated carbocycles. The zero-order valence-electron chi connectivity index (χ0n) is 14.2. The Morgan fingerprint density at radius 3 is 2.68 bits per heavy atom. The highest BCUT2D eigenvalue weighted by Crippen LogP contribution is 2.35. The van der Waals surface area contributed by atoms with Gasteiger partial charge in [0.05, 0.1) is 11.1 Å². The first kappa shape index (κ1) is 16.1. The molecule has 6 nitrogen and oxygen atoms in total. The maximum absolute atomic E-state index is 6.41. The number of halogens is 1. The third kappa shape index (κ3) is 3.02. The van der Waals surface area contributed by atoms with Gasteiger partial charge in [0.25, 0.3) is 0 Å². The number of nitrogens with one attached hydrogen (secondary N) is 1. The van der Waals surface area contributed by atoms with Gasteiger partial charge in [-0.15, -0.1) is 0 Å². The molecule has 1 aliphatic carbocycles. The second kappa shape index (κ2) is 6.52. The van der Waals surface area contributed by atoms with E-state index >= 15 is 0 Å². The average molecular weight is 357 g/mol. The number of nitrogens with zero attached hydrogens (tertiary/aromatic N) is 4. The van der Waals surface area contributed by atoms with E-state index in [2.05, 4.69) is 15.4 Å². The lowest BCUT2D eigenvalue weighted by Crippen LogP contribution is -2.23. The summed E-state index contributed by atoms with van der Waals surface area (Å²) in [6, 6.07) is 8.05. The summed E-state index contributed by atoms with van der Waals surface area (Å²) in [6.07, 6.45) is 6.09. The molecule has 0 aliphatic heterocycles. The molecule has 2 heterocycles. The number of hydrogen-bond donors (Lipinski definition) is 2. The van der Waals surface area contributed by atoms with Gasteiger partial charge in [0.15, 0.2) is 5.65 Å². The van der Waals surface area contributed by atoms with E-state index in [4.69, 9.17) is 22.3 Å². The molecule has 0 spiro atoms. The first-order valence-electron chi connectivity index (χ1n) is 8.65. The van der Waals surface area contributed by atoms with Crippen molar-refractivity contribution in [3.8, 4) is 11.3 Å². The molecule has 3 N–H and O–H groups in total. The predicted molar refractivity (Wildman–Crippen MR) is 102 cm³/mol. The molecule has 130 valence electrons. The Labute approximate surface area is 151 Å². The molecule has 0 atom stereocenters. The summed E-state index contributed by atoms with van der Waals surface area (Å²) in [4.78, 5) is 9.35. The fraction of sp³-hybridized carbons (Fsp3) is 0.389. The van der Waals surface area contributed by atoms with Crippen molar-refractivity contribution >= 4 is 34.4 Å². The maximum atomic E-state index is 6.41. The number of aromatic nitrogens is 4. The molecule has 0 bridgehead atoms. The van der Waals surface area contributed by atoms with Crippen LogP contribution in [0.2, 0.25) is 5.02 Å². The van der Waals surface area contributed by atoms with E-state index < -0.39 is 0 Å². The van der Waals surface area contributed by atoms with Crippen LogP contribution < -0.4 is 11.1 Å². The van der Waals surface area contributed by atoms with Gasteiger partial charge in [-0.25, -0.2) is 4.98 Å². The van der Waals surface area contributed by atoms with E-state index in [0.717, 1.165) is 29.5 Å². The van der Waals surface area contributed by atoms with Gasteiger partial charge < -0.3 is 11.1 Å². The fourth-order valence-electron chi connectivity index (χ4n) is 3.46. The van der Waals surface area contributed by atoms with Crippen LogP contribution in [-0.2, 0) is 7.05 Å². The monoisotopic (exact) mass is 356 g/mol. The molecule has 0 amide bonds. The lowest BCUT2D eigenvalue weighted by molar-refractivity contribution is 0.461. The predicted octanol–water partition coefficient (Wildman–Crippen LogP) is 4.01. The zero-order valence-corrected chi connectivity index (χ0v) is 14.9. The molecule has 1 aliphatic rings. The number of benzene rings is 1. The van der Waals surface area contributed by atoms with Crippen molar-refractivity contribution in [2.75, 3.05) is 11.1 Å². The molecule has 4 rings (SSSR count). The Balaban J connectivity index is 1.85. The van der Waals surface area contributed by atoms with Crippen LogP contribution in [0, 0.1) is 0 Å². The number of nitrogen functional groups attached to an aromatic ring is 1. The Morgan fingerprint density at radius 1 is 1.16 bits per heavy atom. The Kier molecular flexibility index (Phi) is 4.21. The molecular weight excluding hydrogens is 336 g/mol. The molecule has 0 radical (unpaired) electrons. The summed E-state index contributed by atoms with van der Waals surface area (Å²) >= 11 is 6.41. The SMILES string of the molecule is Cn1nc2nc(NC3CCCCC3)nc(-c3ccccc3Cl)c2c1N. The smallest absolute Gasteiger partial charge is 0.225 e. The number of rotatable bonds is 3. The van der Waals surface area contributed by atoms with E-state index in [-0.39, 0.29) is 0 Å². The van der Waals surface area contributed by atoms with Crippen LogP contribution in [0.1, 0.15) is 32.1 Å². The van der Waals surface area contributed by atoms with Gasteiger partial charge in [-0.1, -0.05) is 49.1 Å². The molecule has 1 fully saturated rings. The normalized spacial score (nSPS) is 15.6. The summed E-state index contributed by atoms with van der Waals surface area (Å²) < 4.78 is 1.63. The molecular formula is C18H21ClN6.